The topological polar surface area (TPSA) is 145 Å². The summed E-state index contributed by atoms with van der Waals surface area (Å²) in [6.45, 7) is 3.61. The molecular formula is C22H22ClN3O7. The van der Waals surface area contributed by atoms with E-state index in [2.05, 4.69) is 5.32 Å². The Balaban J connectivity index is 2.06. The van der Waals surface area contributed by atoms with Crippen LogP contribution in [0, 0.1) is 16.0 Å². The van der Waals surface area contributed by atoms with E-state index < -0.39 is 40.9 Å². The number of rotatable bonds is 9. The van der Waals surface area contributed by atoms with Crippen LogP contribution in [-0.2, 0) is 9.53 Å². The normalized spacial score (nSPS) is 10.4. The first-order valence-electron chi connectivity index (χ1n) is 9.92. The number of nitrogens with one attached hydrogen (secondary N) is 2. The molecule has 10 nitrogen and oxygen atoms in total. The minimum atomic E-state index is -0.974. The van der Waals surface area contributed by atoms with E-state index in [1.165, 1.54) is 36.4 Å². The largest absolute Gasteiger partial charge is 0.452 e. The van der Waals surface area contributed by atoms with Gasteiger partial charge in [0.1, 0.15) is 5.02 Å². The molecule has 0 fully saturated rings. The standard InChI is InChI=1S/C22H22ClN3O7/c1-13(2)9-10-24-22(30)25-19(27)12-33-21(29)16-6-4-3-5-15(16)20(28)14-7-8-17(23)18(11-14)26(31)32/h3-8,11,13H,9-10,12H2,1-2H3,(H2,24,25,27,30). The van der Waals surface area contributed by atoms with Crippen LogP contribution in [0.3, 0.4) is 0 Å². The molecule has 0 aliphatic heterocycles. The predicted octanol–water partition coefficient (Wildman–Crippen LogP) is 3.51. The Kier molecular flexibility index (Phi) is 9.05. The fourth-order valence-corrected chi connectivity index (χ4v) is 2.89. The number of nitro benzene ring substituents is 1. The summed E-state index contributed by atoms with van der Waals surface area (Å²) in [4.78, 5) is 59.3. The molecule has 0 unspecified atom stereocenters. The van der Waals surface area contributed by atoms with Crippen molar-refractivity contribution in [3.63, 3.8) is 0 Å². The van der Waals surface area contributed by atoms with Gasteiger partial charge in [-0.1, -0.05) is 43.6 Å². The molecule has 0 atom stereocenters. The zero-order valence-corrected chi connectivity index (χ0v) is 18.7. The summed E-state index contributed by atoms with van der Waals surface area (Å²) in [6, 6.07) is 8.46. The van der Waals surface area contributed by atoms with E-state index >= 15 is 0 Å². The predicted molar refractivity (Wildman–Crippen MR) is 119 cm³/mol. The Hall–Kier alpha value is -3.79. The minimum absolute atomic E-state index is 0.0536. The molecule has 2 aromatic rings. The SMILES string of the molecule is CC(C)CCNC(=O)NC(=O)COC(=O)c1ccccc1C(=O)c1ccc(Cl)c([N+](=O)[O-])c1. The number of carbonyl (C=O) groups is 4. The lowest BCUT2D eigenvalue weighted by Crippen LogP contribution is -2.42. The summed E-state index contributed by atoms with van der Waals surface area (Å²) in [5, 5.41) is 15.5. The number of urea groups is 1. The maximum atomic E-state index is 12.9. The number of hydrogen-bond donors (Lipinski definition) is 2. The highest BCUT2D eigenvalue weighted by molar-refractivity contribution is 6.33. The van der Waals surface area contributed by atoms with E-state index in [1.807, 2.05) is 19.2 Å². The fraction of sp³-hybridized carbons (Fsp3) is 0.273. The molecule has 2 aromatic carbocycles. The van der Waals surface area contributed by atoms with Gasteiger partial charge in [0, 0.05) is 23.7 Å². The number of imide groups is 1. The number of ketones is 1. The van der Waals surface area contributed by atoms with Crippen LogP contribution in [0.4, 0.5) is 10.5 Å². The highest BCUT2D eigenvalue weighted by Crippen LogP contribution is 2.27. The van der Waals surface area contributed by atoms with E-state index in [4.69, 9.17) is 16.3 Å². The number of hydrogen-bond acceptors (Lipinski definition) is 7. The van der Waals surface area contributed by atoms with Crippen LogP contribution >= 0.6 is 11.6 Å². The minimum Gasteiger partial charge on any atom is -0.452 e. The van der Waals surface area contributed by atoms with E-state index in [9.17, 15) is 29.3 Å². The molecule has 0 bridgehead atoms. The average Bonchev–Trinajstić information content (AvgIpc) is 2.76. The van der Waals surface area contributed by atoms with Crippen LogP contribution in [-0.4, -0.2) is 41.8 Å². The van der Waals surface area contributed by atoms with Crippen molar-refractivity contribution < 1.29 is 28.8 Å². The number of esters is 1. The average molecular weight is 476 g/mol. The third kappa shape index (κ3) is 7.39. The summed E-state index contributed by atoms with van der Waals surface area (Å²) in [7, 11) is 0. The van der Waals surface area contributed by atoms with Crippen LogP contribution in [0.2, 0.25) is 5.02 Å². The monoisotopic (exact) mass is 475 g/mol. The molecule has 174 valence electrons. The van der Waals surface area contributed by atoms with E-state index in [-0.39, 0.29) is 21.7 Å². The van der Waals surface area contributed by atoms with E-state index in [0.717, 1.165) is 12.5 Å². The van der Waals surface area contributed by atoms with Gasteiger partial charge in [0.25, 0.3) is 11.6 Å². The molecule has 0 aliphatic carbocycles. The van der Waals surface area contributed by atoms with Crippen LogP contribution in [0.15, 0.2) is 42.5 Å². The first-order chi connectivity index (χ1) is 15.6. The molecule has 2 rings (SSSR count). The van der Waals surface area contributed by atoms with Crippen molar-refractivity contribution in [3.8, 4) is 0 Å². The molecule has 0 spiro atoms. The Bertz CT molecular complexity index is 1090. The summed E-state index contributed by atoms with van der Waals surface area (Å²) >= 11 is 5.78. The van der Waals surface area contributed by atoms with Crippen LogP contribution < -0.4 is 10.6 Å². The van der Waals surface area contributed by atoms with Crippen molar-refractivity contribution in [1.82, 2.24) is 10.6 Å². The second-order valence-electron chi connectivity index (χ2n) is 7.36. The first kappa shape index (κ1) is 25.5. The number of halogens is 1. The number of ether oxygens (including phenoxy) is 1. The summed E-state index contributed by atoms with van der Waals surface area (Å²) in [5.41, 5.74) is -0.728. The first-order valence-corrected chi connectivity index (χ1v) is 10.3. The summed E-state index contributed by atoms with van der Waals surface area (Å²) in [5.74, 6) is -2.11. The molecule has 0 saturated heterocycles. The van der Waals surface area contributed by atoms with E-state index in [1.54, 1.807) is 0 Å². The van der Waals surface area contributed by atoms with Crippen LogP contribution in [0.1, 0.15) is 46.5 Å². The lowest BCUT2D eigenvalue weighted by Gasteiger charge is -2.10. The van der Waals surface area contributed by atoms with Gasteiger partial charge in [0.2, 0.25) is 0 Å². The van der Waals surface area contributed by atoms with Gasteiger partial charge in [-0.15, -0.1) is 0 Å². The Morgan fingerprint density at radius 1 is 1.09 bits per heavy atom. The summed E-state index contributed by atoms with van der Waals surface area (Å²) in [6.07, 6.45) is 0.734. The van der Waals surface area contributed by atoms with E-state index in [0.29, 0.717) is 12.5 Å². The number of nitrogens with zero attached hydrogens (tertiary/aromatic N) is 1. The molecular weight excluding hydrogens is 454 g/mol. The van der Waals surface area contributed by atoms with Gasteiger partial charge in [0.05, 0.1) is 10.5 Å². The highest BCUT2D eigenvalue weighted by Gasteiger charge is 2.23. The smallest absolute Gasteiger partial charge is 0.339 e. The van der Waals surface area contributed by atoms with Crippen molar-refractivity contribution in [2.75, 3.05) is 13.2 Å². The Labute approximate surface area is 194 Å². The second-order valence-corrected chi connectivity index (χ2v) is 7.77. The Morgan fingerprint density at radius 2 is 1.76 bits per heavy atom. The fourth-order valence-electron chi connectivity index (χ4n) is 2.70. The molecule has 0 aliphatic rings. The molecule has 0 radical (unpaired) electrons. The zero-order chi connectivity index (χ0) is 24.5. The van der Waals surface area contributed by atoms with Crippen LogP contribution in [0.25, 0.3) is 0 Å². The molecule has 0 saturated carbocycles. The van der Waals surface area contributed by atoms with Gasteiger partial charge >= 0.3 is 12.0 Å². The molecule has 3 amide bonds. The van der Waals surface area contributed by atoms with Crippen molar-refractivity contribution in [3.05, 3.63) is 74.3 Å². The van der Waals surface area contributed by atoms with Gasteiger partial charge < -0.3 is 10.1 Å². The van der Waals surface area contributed by atoms with Gasteiger partial charge in [0.15, 0.2) is 12.4 Å². The third-order valence-electron chi connectivity index (χ3n) is 4.39. The molecule has 33 heavy (non-hydrogen) atoms. The number of amides is 3. The molecule has 0 aromatic heterocycles. The van der Waals surface area contributed by atoms with Crippen molar-refractivity contribution in [2.45, 2.75) is 20.3 Å². The number of carbonyl (C=O) groups excluding carboxylic acids is 4. The lowest BCUT2D eigenvalue weighted by molar-refractivity contribution is -0.384. The van der Waals surface area contributed by atoms with Gasteiger partial charge in [-0.2, -0.15) is 0 Å². The quantitative estimate of drug-likeness (QED) is 0.244. The van der Waals surface area contributed by atoms with Gasteiger partial charge in [-0.05, 0) is 30.5 Å². The zero-order valence-electron chi connectivity index (χ0n) is 17.9. The Morgan fingerprint density at radius 3 is 2.39 bits per heavy atom. The van der Waals surface area contributed by atoms with Crippen LogP contribution in [0.5, 0.6) is 0 Å². The van der Waals surface area contributed by atoms with Gasteiger partial charge in [-0.3, -0.25) is 25.0 Å². The number of benzene rings is 2. The maximum absolute atomic E-state index is 12.9. The van der Waals surface area contributed by atoms with Crippen molar-refractivity contribution in [1.29, 1.82) is 0 Å². The van der Waals surface area contributed by atoms with Crippen molar-refractivity contribution >= 4 is 41.0 Å². The highest BCUT2D eigenvalue weighted by atomic mass is 35.5. The number of nitro groups is 1. The van der Waals surface area contributed by atoms with Crippen molar-refractivity contribution in [2.24, 2.45) is 5.92 Å². The van der Waals surface area contributed by atoms with Gasteiger partial charge in [-0.25, -0.2) is 9.59 Å². The molecule has 11 heteroatoms. The maximum Gasteiger partial charge on any atom is 0.339 e. The summed E-state index contributed by atoms with van der Waals surface area (Å²) < 4.78 is 4.93. The molecule has 2 N–H and O–H groups in total. The second kappa shape index (κ2) is 11.7. The molecule has 0 heterocycles. The third-order valence-corrected chi connectivity index (χ3v) is 4.71. The lowest BCUT2D eigenvalue weighted by atomic mass is 9.98.